The maximum absolute atomic E-state index is 12.5. The molecule has 0 saturated carbocycles. The smallest absolute Gasteiger partial charge is 0.234 e. The average molecular weight is 485 g/mol. The van der Waals surface area contributed by atoms with Gasteiger partial charge in [0.15, 0.2) is 11.0 Å². The lowest BCUT2D eigenvalue weighted by Crippen LogP contribution is -2.14. The first-order chi connectivity index (χ1) is 15.5. The number of hydrogen-bond acceptors (Lipinski definition) is 5. The van der Waals surface area contributed by atoms with Crippen molar-refractivity contribution in [3.05, 3.63) is 82.8 Å². The van der Waals surface area contributed by atoms with Crippen molar-refractivity contribution in [2.24, 2.45) is 0 Å². The predicted molar refractivity (Wildman–Crippen MR) is 129 cm³/mol. The Kier molecular flexibility index (Phi) is 6.99. The second kappa shape index (κ2) is 10.1. The Morgan fingerprint density at radius 3 is 2.44 bits per heavy atom. The highest BCUT2D eigenvalue weighted by Crippen LogP contribution is 2.29. The number of rotatable bonds is 7. The van der Waals surface area contributed by atoms with Gasteiger partial charge in [-0.1, -0.05) is 65.3 Å². The minimum absolute atomic E-state index is 0.142. The van der Waals surface area contributed by atoms with Crippen molar-refractivity contribution in [1.29, 1.82) is 0 Å². The molecule has 0 atom stereocenters. The summed E-state index contributed by atoms with van der Waals surface area (Å²) >= 11 is 13.2. The molecule has 6 nitrogen and oxygen atoms in total. The Labute approximate surface area is 199 Å². The molecule has 4 aromatic rings. The fourth-order valence-corrected chi connectivity index (χ4v) is 4.05. The van der Waals surface area contributed by atoms with Crippen molar-refractivity contribution in [3.63, 3.8) is 0 Å². The number of halogens is 2. The number of nitrogens with zero attached hydrogens (tertiary/aromatic N) is 3. The van der Waals surface area contributed by atoms with Crippen LogP contribution in [0.25, 0.3) is 17.1 Å². The van der Waals surface area contributed by atoms with Gasteiger partial charge in [0.05, 0.1) is 22.9 Å². The summed E-state index contributed by atoms with van der Waals surface area (Å²) in [6.45, 7) is 0. The van der Waals surface area contributed by atoms with E-state index in [1.807, 2.05) is 59.2 Å². The Balaban J connectivity index is 1.58. The van der Waals surface area contributed by atoms with E-state index >= 15 is 0 Å². The number of nitrogens with one attached hydrogen (secondary N) is 1. The van der Waals surface area contributed by atoms with Gasteiger partial charge in [0.2, 0.25) is 5.91 Å². The molecule has 0 aliphatic heterocycles. The molecule has 0 saturated heterocycles. The highest BCUT2D eigenvalue weighted by molar-refractivity contribution is 7.99. The van der Waals surface area contributed by atoms with Crippen LogP contribution in [0.1, 0.15) is 0 Å². The Hall–Kier alpha value is -3.00. The van der Waals surface area contributed by atoms with Crippen molar-refractivity contribution < 1.29 is 9.53 Å². The van der Waals surface area contributed by atoms with E-state index in [1.54, 1.807) is 25.3 Å². The number of benzene rings is 3. The topological polar surface area (TPSA) is 69.0 Å². The van der Waals surface area contributed by atoms with Gasteiger partial charge in [-0.2, -0.15) is 0 Å². The van der Waals surface area contributed by atoms with Crippen LogP contribution < -0.4 is 10.1 Å². The molecule has 32 heavy (non-hydrogen) atoms. The fraction of sp³-hybridized carbons (Fsp3) is 0.0870. The Morgan fingerprint density at radius 1 is 1.00 bits per heavy atom. The van der Waals surface area contributed by atoms with Crippen LogP contribution in [-0.4, -0.2) is 33.5 Å². The largest absolute Gasteiger partial charge is 0.497 e. The van der Waals surface area contributed by atoms with Crippen molar-refractivity contribution in [2.45, 2.75) is 5.16 Å². The van der Waals surface area contributed by atoms with Gasteiger partial charge < -0.3 is 10.1 Å². The zero-order valence-electron chi connectivity index (χ0n) is 17.0. The molecular formula is C23H18Cl2N4O2S. The molecule has 0 bridgehead atoms. The first-order valence-electron chi connectivity index (χ1n) is 9.58. The third-order valence-electron chi connectivity index (χ3n) is 4.53. The van der Waals surface area contributed by atoms with Crippen LogP contribution in [0, 0.1) is 0 Å². The van der Waals surface area contributed by atoms with Crippen LogP contribution >= 0.6 is 35.0 Å². The number of methoxy groups -OCH3 is 1. The van der Waals surface area contributed by atoms with E-state index in [-0.39, 0.29) is 11.7 Å². The molecule has 0 spiro atoms. The molecule has 3 aromatic carbocycles. The van der Waals surface area contributed by atoms with E-state index in [4.69, 9.17) is 27.9 Å². The summed E-state index contributed by atoms with van der Waals surface area (Å²) < 4.78 is 7.19. The van der Waals surface area contributed by atoms with Crippen molar-refractivity contribution in [1.82, 2.24) is 14.8 Å². The number of anilines is 1. The second-order valence-electron chi connectivity index (χ2n) is 6.67. The van der Waals surface area contributed by atoms with Gasteiger partial charge in [-0.3, -0.25) is 9.36 Å². The molecular weight excluding hydrogens is 467 g/mol. The fourth-order valence-electron chi connectivity index (χ4n) is 3.00. The summed E-state index contributed by atoms with van der Waals surface area (Å²) in [5.41, 5.74) is 2.36. The van der Waals surface area contributed by atoms with Crippen LogP contribution in [-0.2, 0) is 4.79 Å². The standard InChI is InChI=1S/C23H18Cl2N4O2S/c1-31-18-10-8-17(9-11-18)29-22(15-5-3-2-4-6-15)27-28-23(29)32-14-21(30)26-16-7-12-19(24)20(25)13-16/h2-13H,14H2,1H3,(H,26,30). The lowest BCUT2D eigenvalue weighted by molar-refractivity contribution is -0.113. The van der Waals surface area contributed by atoms with Gasteiger partial charge in [0.1, 0.15) is 5.75 Å². The number of amides is 1. The van der Waals surface area contributed by atoms with E-state index in [0.717, 1.165) is 17.0 Å². The van der Waals surface area contributed by atoms with Crippen LogP contribution in [0.2, 0.25) is 10.0 Å². The molecule has 0 radical (unpaired) electrons. The maximum Gasteiger partial charge on any atom is 0.234 e. The van der Waals surface area contributed by atoms with E-state index in [1.165, 1.54) is 11.8 Å². The Bertz CT molecular complexity index is 1230. The lowest BCUT2D eigenvalue weighted by Gasteiger charge is -2.11. The molecule has 4 rings (SSSR count). The normalized spacial score (nSPS) is 10.7. The van der Waals surface area contributed by atoms with Crippen LogP contribution in [0.5, 0.6) is 5.75 Å². The second-order valence-corrected chi connectivity index (χ2v) is 8.43. The van der Waals surface area contributed by atoms with Crippen molar-refractivity contribution >= 4 is 46.6 Å². The number of carbonyl (C=O) groups excluding carboxylic acids is 1. The lowest BCUT2D eigenvalue weighted by atomic mass is 10.2. The van der Waals surface area contributed by atoms with Gasteiger partial charge in [-0.05, 0) is 42.5 Å². The monoisotopic (exact) mass is 484 g/mol. The molecule has 0 fully saturated rings. The Morgan fingerprint density at radius 2 is 1.75 bits per heavy atom. The van der Waals surface area contributed by atoms with Crippen molar-refractivity contribution in [2.75, 3.05) is 18.2 Å². The summed E-state index contributed by atoms with van der Waals surface area (Å²) in [7, 11) is 1.62. The first-order valence-corrected chi connectivity index (χ1v) is 11.3. The first kappa shape index (κ1) is 22.2. The summed E-state index contributed by atoms with van der Waals surface area (Å²) in [5.74, 6) is 1.38. The van der Waals surface area contributed by atoms with E-state index in [9.17, 15) is 4.79 Å². The third kappa shape index (κ3) is 5.07. The highest BCUT2D eigenvalue weighted by atomic mass is 35.5. The zero-order chi connectivity index (χ0) is 22.5. The molecule has 0 aliphatic rings. The number of aromatic nitrogens is 3. The molecule has 1 N–H and O–H groups in total. The van der Waals surface area contributed by atoms with E-state index in [0.29, 0.717) is 26.7 Å². The summed E-state index contributed by atoms with van der Waals surface area (Å²) in [5, 5.41) is 12.9. The minimum Gasteiger partial charge on any atom is -0.497 e. The van der Waals surface area contributed by atoms with Gasteiger partial charge in [-0.25, -0.2) is 0 Å². The molecule has 162 valence electrons. The average Bonchev–Trinajstić information content (AvgIpc) is 3.25. The van der Waals surface area contributed by atoms with Crippen LogP contribution in [0.3, 0.4) is 0 Å². The zero-order valence-corrected chi connectivity index (χ0v) is 19.3. The predicted octanol–water partition coefficient (Wildman–Crippen LogP) is 5.98. The quantitative estimate of drug-likeness (QED) is 0.326. The number of carbonyl (C=O) groups is 1. The number of ether oxygens (including phenoxy) is 1. The van der Waals surface area contributed by atoms with Gasteiger partial charge >= 0.3 is 0 Å². The molecule has 0 unspecified atom stereocenters. The summed E-state index contributed by atoms with van der Waals surface area (Å²) in [6.07, 6.45) is 0. The van der Waals surface area contributed by atoms with Crippen LogP contribution in [0.15, 0.2) is 78.0 Å². The SMILES string of the molecule is COc1ccc(-n2c(SCC(=O)Nc3ccc(Cl)c(Cl)c3)nnc2-c2ccccc2)cc1. The number of hydrogen-bond donors (Lipinski definition) is 1. The minimum atomic E-state index is -0.195. The molecule has 1 aromatic heterocycles. The van der Waals surface area contributed by atoms with Crippen LogP contribution in [0.4, 0.5) is 5.69 Å². The summed E-state index contributed by atoms with van der Waals surface area (Å²) in [4.78, 5) is 12.5. The molecule has 9 heteroatoms. The molecule has 1 amide bonds. The van der Waals surface area contributed by atoms with E-state index < -0.39 is 0 Å². The summed E-state index contributed by atoms with van der Waals surface area (Å²) in [6, 6.07) is 22.3. The van der Waals surface area contributed by atoms with Gasteiger partial charge in [0.25, 0.3) is 0 Å². The van der Waals surface area contributed by atoms with Crippen molar-refractivity contribution in [3.8, 4) is 22.8 Å². The van der Waals surface area contributed by atoms with Gasteiger partial charge in [0, 0.05) is 16.9 Å². The highest BCUT2D eigenvalue weighted by Gasteiger charge is 2.17. The van der Waals surface area contributed by atoms with Gasteiger partial charge in [-0.15, -0.1) is 10.2 Å². The molecule has 1 heterocycles. The number of thioether (sulfide) groups is 1. The third-order valence-corrected chi connectivity index (χ3v) is 6.20. The maximum atomic E-state index is 12.5. The molecule has 0 aliphatic carbocycles. The van der Waals surface area contributed by atoms with E-state index in [2.05, 4.69) is 15.5 Å².